The lowest BCUT2D eigenvalue weighted by molar-refractivity contribution is 0.669. The quantitative estimate of drug-likeness (QED) is 0.176. The van der Waals surface area contributed by atoms with Crippen molar-refractivity contribution in [3.63, 3.8) is 0 Å². The number of nitrogens with zero attached hydrogens (tertiary/aromatic N) is 1. The summed E-state index contributed by atoms with van der Waals surface area (Å²) in [6.07, 6.45) is 0. The highest BCUT2D eigenvalue weighted by Gasteiger charge is 2.19. The third-order valence-electron chi connectivity index (χ3n) is 12.9. The van der Waals surface area contributed by atoms with Crippen molar-refractivity contribution >= 4 is 124 Å². The molecule has 0 fully saturated rings. The van der Waals surface area contributed by atoms with Gasteiger partial charge in [-0.3, -0.25) is 0 Å². The average molecular weight is 820 g/mol. The van der Waals surface area contributed by atoms with E-state index in [0.29, 0.717) is 0 Å². The molecule has 0 aliphatic heterocycles. The summed E-state index contributed by atoms with van der Waals surface area (Å²) in [7, 11) is 0. The molecule has 63 heavy (non-hydrogen) atoms. The number of thiophene rings is 1. The maximum atomic E-state index is 6.53. The normalized spacial score (nSPS) is 11.8. The number of fused-ring (bicyclic) bond motifs is 16. The first-order chi connectivity index (χ1) is 31.2. The molecule has 0 unspecified atom stereocenters. The van der Waals surface area contributed by atoms with Crippen LogP contribution in [0.25, 0.3) is 107 Å². The van der Waals surface area contributed by atoms with Crippen molar-refractivity contribution in [2.45, 2.75) is 0 Å². The molecule has 0 spiro atoms. The molecule has 0 bridgehead atoms. The predicted octanol–water partition coefficient (Wildman–Crippen LogP) is 18.0. The lowest BCUT2D eigenvalue weighted by Gasteiger charge is -2.26. The van der Waals surface area contributed by atoms with Crippen LogP contribution in [0.5, 0.6) is 0 Å². The summed E-state index contributed by atoms with van der Waals surface area (Å²) in [5.74, 6) is 0. The molecular weight excluding hydrogens is 783 g/mol. The van der Waals surface area contributed by atoms with Crippen molar-refractivity contribution < 1.29 is 4.42 Å². The van der Waals surface area contributed by atoms with Gasteiger partial charge in [-0.15, -0.1) is 11.3 Å². The van der Waals surface area contributed by atoms with Gasteiger partial charge in [0.1, 0.15) is 11.2 Å². The van der Waals surface area contributed by atoms with E-state index in [9.17, 15) is 0 Å². The van der Waals surface area contributed by atoms with Gasteiger partial charge in [0.2, 0.25) is 0 Å². The summed E-state index contributed by atoms with van der Waals surface area (Å²) < 4.78 is 9.11. The van der Waals surface area contributed by atoms with Gasteiger partial charge in [0.15, 0.2) is 0 Å². The molecule has 0 aliphatic carbocycles. The van der Waals surface area contributed by atoms with Crippen LogP contribution in [0.4, 0.5) is 17.1 Å². The number of para-hydroxylation sites is 1. The molecule has 0 atom stereocenters. The molecule has 0 saturated heterocycles. The van der Waals surface area contributed by atoms with Gasteiger partial charge >= 0.3 is 0 Å². The lowest BCUT2D eigenvalue weighted by Crippen LogP contribution is -2.09. The zero-order valence-electron chi connectivity index (χ0n) is 34.1. The number of hydrogen-bond donors (Lipinski definition) is 0. The van der Waals surface area contributed by atoms with Crippen LogP contribution in [-0.4, -0.2) is 0 Å². The van der Waals surface area contributed by atoms with E-state index in [1.165, 1.54) is 85.2 Å². The van der Waals surface area contributed by atoms with E-state index in [0.717, 1.165) is 39.0 Å². The van der Waals surface area contributed by atoms with E-state index >= 15 is 0 Å². The van der Waals surface area contributed by atoms with Gasteiger partial charge in [0, 0.05) is 54.1 Å². The number of benzene rings is 10. The van der Waals surface area contributed by atoms with Gasteiger partial charge in [0.05, 0.1) is 0 Å². The predicted molar refractivity (Wildman–Crippen MR) is 272 cm³/mol. The molecular formula is C60H37NOS. The van der Waals surface area contributed by atoms with Crippen molar-refractivity contribution in [2.24, 2.45) is 0 Å². The summed E-state index contributed by atoms with van der Waals surface area (Å²) >= 11 is 1.87. The van der Waals surface area contributed by atoms with Crippen LogP contribution in [-0.2, 0) is 0 Å². The van der Waals surface area contributed by atoms with Gasteiger partial charge in [-0.25, -0.2) is 0 Å². The van der Waals surface area contributed by atoms with Crippen molar-refractivity contribution in [3.05, 3.63) is 224 Å². The fourth-order valence-electron chi connectivity index (χ4n) is 9.94. The zero-order valence-corrected chi connectivity index (χ0v) is 34.9. The van der Waals surface area contributed by atoms with E-state index in [1.807, 2.05) is 17.4 Å². The van der Waals surface area contributed by atoms with Crippen molar-refractivity contribution in [2.75, 3.05) is 4.90 Å². The average Bonchev–Trinajstić information content (AvgIpc) is 3.91. The second-order valence-electron chi connectivity index (χ2n) is 16.4. The minimum absolute atomic E-state index is 0.861. The van der Waals surface area contributed by atoms with Crippen LogP contribution in [0, 0.1) is 0 Å². The molecule has 294 valence electrons. The van der Waals surface area contributed by atoms with E-state index in [2.05, 4.69) is 223 Å². The van der Waals surface area contributed by atoms with Crippen LogP contribution in [0.2, 0.25) is 0 Å². The van der Waals surface area contributed by atoms with Crippen molar-refractivity contribution in [1.82, 2.24) is 0 Å². The number of hydrogen-bond acceptors (Lipinski definition) is 3. The largest absolute Gasteiger partial charge is 0.456 e. The standard InChI is InChI=1S/C60H37NOS/c1-2-14-38(15-3-1)39-26-28-40(29-27-39)61(42-31-33-51-50-22-10-12-24-57(50)62-58(51)35-42)41-30-32-49-47-20-7-6-18-45(47)43-16-4-5-17-44(43)46-19-8-9-21-48(46)55-37-60-56(36-54(55)53(49)34-41)52-23-11-13-25-59(52)63-60/h1-37H. The Morgan fingerprint density at radius 3 is 1.37 bits per heavy atom. The third-order valence-corrected chi connectivity index (χ3v) is 14.0. The molecule has 2 nitrogen and oxygen atoms in total. The molecule has 2 aromatic heterocycles. The van der Waals surface area contributed by atoms with Crippen molar-refractivity contribution in [1.29, 1.82) is 0 Å². The summed E-state index contributed by atoms with van der Waals surface area (Å²) in [6.45, 7) is 0. The monoisotopic (exact) mass is 819 g/mol. The Hall–Kier alpha value is -7.98. The highest BCUT2D eigenvalue weighted by molar-refractivity contribution is 7.25. The minimum Gasteiger partial charge on any atom is -0.456 e. The molecule has 13 aromatic rings. The van der Waals surface area contributed by atoms with Gasteiger partial charge in [-0.2, -0.15) is 0 Å². The smallest absolute Gasteiger partial charge is 0.137 e. The van der Waals surface area contributed by atoms with Gasteiger partial charge in [0.25, 0.3) is 0 Å². The Morgan fingerprint density at radius 1 is 0.254 bits per heavy atom. The Kier molecular flexibility index (Phi) is 8.12. The molecule has 0 radical (unpaired) electrons. The fourth-order valence-corrected chi connectivity index (χ4v) is 11.1. The molecule has 0 amide bonds. The number of furan rings is 1. The maximum absolute atomic E-state index is 6.53. The van der Waals surface area contributed by atoms with Crippen LogP contribution >= 0.6 is 11.3 Å². The summed E-state index contributed by atoms with van der Waals surface area (Å²) in [4.78, 5) is 2.38. The molecule has 0 N–H and O–H groups in total. The molecule has 13 rings (SSSR count). The summed E-state index contributed by atoms with van der Waals surface area (Å²) in [6, 6.07) is 82.1. The Morgan fingerprint density at radius 2 is 0.698 bits per heavy atom. The molecule has 0 saturated carbocycles. The maximum Gasteiger partial charge on any atom is 0.137 e. The lowest BCUT2D eigenvalue weighted by atomic mass is 9.93. The first-order valence-electron chi connectivity index (χ1n) is 21.5. The Balaban J connectivity index is 1.18. The van der Waals surface area contributed by atoms with Gasteiger partial charge < -0.3 is 9.32 Å². The first kappa shape index (κ1) is 35.7. The van der Waals surface area contributed by atoms with Gasteiger partial charge in [-0.1, -0.05) is 158 Å². The number of anilines is 3. The minimum atomic E-state index is 0.861. The number of rotatable bonds is 4. The van der Waals surface area contributed by atoms with Crippen LogP contribution in [0.15, 0.2) is 229 Å². The molecule has 3 heteroatoms. The van der Waals surface area contributed by atoms with Gasteiger partial charge in [-0.05, 0) is 126 Å². The zero-order chi connectivity index (χ0) is 41.4. The van der Waals surface area contributed by atoms with Crippen LogP contribution in [0.3, 0.4) is 0 Å². The summed E-state index contributed by atoms with van der Waals surface area (Å²) in [5.41, 5.74) is 7.25. The van der Waals surface area contributed by atoms with E-state index < -0.39 is 0 Å². The van der Waals surface area contributed by atoms with E-state index in [4.69, 9.17) is 4.42 Å². The van der Waals surface area contributed by atoms with Crippen LogP contribution < -0.4 is 4.90 Å². The highest BCUT2D eigenvalue weighted by Crippen LogP contribution is 2.45. The van der Waals surface area contributed by atoms with Crippen molar-refractivity contribution in [3.8, 4) is 11.1 Å². The second kappa shape index (κ2) is 14.3. The first-order valence-corrected chi connectivity index (χ1v) is 22.3. The second-order valence-corrected chi connectivity index (χ2v) is 17.5. The molecule has 11 aromatic carbocycles. The third kappa shape index (κ3) is 5.78. The molecule has 2 heterocycles. The van der Waals surface area contributed by atoms with E-state index in [1.54, 1.807) is 0 Å². The molecule has 0 aliphatic rings. The Bertz CT molecular complexity index is 4030. The Labute approximate surface area is 367 Å². The summed E-state index contributed by atoms with van der Waals surface area (Å²) in [5, 5.41) is 16.9. The SMILES string of the molecule is c1ccc(-c2ccc(N(c3ccc4c(c3)oc3ccccc34)c3ccc4c5ccccc5c5ccccc5c5ccccc5c5cc6sc7ccccc7c6cc5c4c3)cc2)cc1. The fraction of sp³-hybridized carbons (Fsp3) is 0. The van der Waals surface area contributed by atoms with Crippen LogP contribution in [0.1, 0.15) is 0 Å². The van der Waals surface area contributed by atoms with E-state index in [-0.39, 0.29) is 0 Å². The highest BCUT2D eigenvalue weighted by atomic mass is 32.1. The topological polar surface area (TPSA) is 16.4 Å².